The van der Waals surface area contributed by atoms with E-state index in [1.807, 2.05) is 12.1 Å². The zero-order valence-corrected chi connectivity index (χ0v) is 11.2. The topological polar surface area (TPSA) is 72.4 Å². The molecule has 0 unspecified atom stereocenters. The van der Waals surface area contributed by atoms with Crippen LogP contribution in [-0.2, 0) is 4.79 Å². The van der Waals surface area contributed by atoms with Crippen molar-refractivity contribution < 1.29 is 13.7 Å². The van der Waals surface area contributed by atoms with Crippen LogP contribution in [0.2, 0.25) is 0 Å². The fourth-order valence-corrected chi connectivity index (χ4v) is 2.88. The van der Waals surface area contributed by atoms with E-state index in [1.165, 1.54) is 0 Å². The molecule has 1 aliphatic heterocycles. The molecule has 3 atom stereocenters. The molecule has 2 fully saturated rings. The number of furan rings is 1. The van der Waals surface area contributed by atoms with Gasteiger partial charge in [0, 0.05) is 37.8 Å². The van der Waals surface area contributed by atoms with Crippen LogP contribution in [-0.4, -0.2) is 34.5 Å². The second-order valence-electron chi connectivity index (χ2n) is 5.63. The van der Waals surface area contributed by atoms with Crippen molar-refractivity contribution in [1.82, 2.24) is 15.0 Å². The van der Waals surface area contributed by atoms with Crippen molar-refractivity contribution in [1.29, 1.82) is 0 Å². The largest absolute Gasteiger partial charge is 0.469 e. The van der Waals surface area contributed by atoms with Crippen LogP contribution >= 0.6 is 0 Å². The van der Waals surface area contributed by atoms with E-state index in [0.29, 0.717) is 30.6 Å². The molecule has 6 nitrogen and oxygen atoms in total. The Morgan fingerprint density at radius 1 is 1.40 bits per heavy atom. The van der Waals surface area contributed by atoms with E-state index < -0.39 is 0 Å². The first-order valence-electron chi connectivity index (χ1n) is 6.83. The van der Waals surface area contributed by atoms with Crippen molar-refractivity contribution in [3.8, 4) is 0 Å². The molecule has 0 aromatic carbocycles. The lowest BCUT2D eigenvalue weighted by atomic mass is 10.1. The maximum absolute atomic E-state index is 11.5. The summed E-state index contributed by atoms with van der Waals surface area (Å²) in [5.74, 6) is 3.12. The summed E-state index contributed by atoms with van der Waals surface area (Å²) >= 11 is 0. The maximum atomic E-state index is 11.5. The number of hydrogen-bond donors (Lipinski definition) is 0. The maximum Gasteiger partial charge on any atom is 0.230 e. The molecule has 6 heteroatoms. The zero-order valence-electron chi connectivity index (χ0n) is 11.2. The summed E-state index contributed by atoms with van der Waals surface area (Å²) in [6, 6.07) is 3.87. The number of rotatable bonds is 3. The van der Waals surface area contributed by atoms with Crippen LogP contribution in [0.3, 0.4) is 0 Å². The lowest BCUT2D eigenvalue weighted by Crippen LogP contribution is -2.18. The standard InChI is InChI=1S/C14H15N3O3/c1-17-7-8(5-12(17)18)13-15-14(20-16-13)10-6-9(10)11-3-2-4-19-11/h2-4,8-10H,5-7H2,1H3/t8-,9-,10+/m1/s1. The summed E-state index contributed by atoms with van der Waals surface area (Å²) in [6.07, 6.45) is 3.14. The fraction of sp³-hybridized carbons (Fsp3) is 0.500. The Bertz CT molecular complexity index is 634. The molecular formula is C14H15N3O3. The molecule has 0 radical (unpaired) electrons. The van der Waals surface area contributed by atoms with Gasteiger partial charge in [-0.05, 0) is 18.6 Å². The van der Waals surface area contributed by atoms with Crippen LogP contribution in [0.15, 0.2) is 27.3 Å². The van der Waals surface area contributed by atoms with Crippen LogP contribution in [0.5, 0.6) is 0 Å². The van der Waals surface area contributed by atoms with E-state index >= 15 is 0 Å². The number of carbonyl (C=O) groups excluding carboxylic acids is 1. The van der Waals surface area contributed by atoms with Crippen LogP contribution < -0.4 is 0 Å². The molecular weight excluding hydrogens is 258 g/mol. The Labute approximate surface area is 115 Å². The number of likely N-dealkylation sites (tertiary alicyclic amines) is 1. The highest BCUT2D eigenvalue weighted by molar-refractivity contribution is 5.79. The van der Waals surface area contributed by atoms with E-state index in [4.69, 9.17) is 8.94 Å². The van der Waals surface area contributed by atoms with E-state index in [-0.39, 0.29) is 17.7 Å². The average molecular weight is 273 g/mol. The van der Waals surface area contributed by atoms with Gasteiger partial charge in [0.2, 0.25) is 11.8 Å². The van der Waals surface area contributed by atoms with Crippen molar-refractivity contribution in [2.75, 3.05) is 13.6 Å². The first-order valence-corrected chi connectivity index (χ1v) is 6.83. The summed E-state index contributed by atoms with van der Waals surface area (Å²) in [4.78, 5) is 17.7. The first-order chi connectivity index (χ1) is 9.72. The number of aromatic nitrogens is 2. The van der Waals surface area contributed by atoms with E-state index in [2.05, 4.69) is 10.1 Å². The summed E-state index contributed by atoms with van der Waals surface area (Å²) in [5, 5.41) is 4.05. The normalized spacial score (nSPS) is 29.1. The number of likely N-dealkylation sites (N-methyl/N-ethyl adjacent to an activating group) is 1. The van der Waals surface area contributed by atoms with Crippen molar-refractivity contribution in [3.63, 3.8) is 0 Å². The number of carbonyl (C=O) groups is 1. The molecule has 1 saturated heterocycles. The monoisotopic (exact) mass is 273 g/mol. The highest BCUT2D eigenvalue weighted by Crippen LogP contribution is 2.54. The minimum atomic E-state index is 0.0609. The lowest BCUT2D eigenvalue weighted by molar-refractivity contribution is -0.126. The van der Waals surface area contributed by atoms with Gasteiger partial charge >= 0.3 is 0 Å². The van der Waals surface area contributed by atoms with Gasteiger partial charge in [-0.1, -0.05) is 5.16 Å². The second-order valence-corrected chi connectivity index (χ2v) is 5.63. The number of nitrogens with zero attached hydrogens (tertiary/aromatic N) is 3. The van der Waals surface area contributed by atoms with Gasteiger partial charge in [-0.25, -0.2) is 0 Å². The Kier molecular flexibility index (Phi) is 2.45. The molecule has 0 N–H and O–H groups in total. The Morgan fingerprint density at radius 2 is 2.30 bits per heavy atom. The van der Waals surface area contributed by atoms with Gasteiger partial charge in [0.1, 0.15) is 5.76 Å². The average Bonchev–Trinajstić information content (AvgIpc) is 2.89. The Balaban J connectivity index is 1.48. The van der Waals surface area contributed by atoms with E-state index in [9.17, 15) is 4.79 Å². The van der Waals surface area contributed by atoms with E-state index in [1.54, 1.807) is 18.2 Å². The highest BCUT2D eigenvalue weighted by Gasteiger charge is 2.46. The summed E-state index contributed by atoms with van der Waals surface area (Å²) < 4.78 is 10.8. The fourth-order valence-electron chi connectivity index (χ4n) is 2.88. The van der Waals surface area contributed by atoms with Gasteiger partial charge in [-0.3, -0.25) is 4.79 Å². The molecule has 104 valence electrons. The SMILES string of the molecule is CN1C[C@H](c2noc([C@H]3C[C@H]3c3ccco3)n2)CC1=O. The van der Waals surface area contributed by atoms with Gasteiger partial charge in [0.25, 0.3) is 0 Å². The van der Waals surface area contributed by atoms with Gasteiger partial charge in [0.15, 0.2) is 5.82 Å². The van der Waals surface area contributed by atoms with Crippen molar-refractivity contribution in [3.05, 3.63) is 35.9 Å². The Hall–Kier alpha value is -2.11. The summed E-state index contributed by atoms with van der Waals surface area (Å²) in [6.45, 7) is 0.671. The van der Waals surface area contributed by atoms with Crippen LogP contribution in [0.4, 0.5) is 0 Å². The van der Waals surface area contributed by atoms with Gasteiger partial charge < -0.3 is 13.8 Å². The lowest BCUT2D eigenvalue weighted by Gasteiger charge is -2.06. The summed E-state index contributed by atoms with van der Waals surface area (Å²) in [5.41, 5.74) is 0. The number of amides is 1. The molecule has 0 spiro atoms. The van der Waals surface area contributed by atoms with Crippen LogP contribution in [0.25, 0.3) is 0 Å². The second kappa shape index (κ2) is 4.19. The molecule has 1 saturated carbocycles. The molecule has 2 aromatic heterocycles. The zero-order chi connectivity index (χ0) is 13.7. The predicted molar refractivity (Wildman–Crippen MR) is 68.1 cm³/mol. The molecule has 2 aliphatic rings. The van der Waals surface area contributed by atoms with Gasteiger partial charge in [-0.15, -0.1) is 0 Å². The third-order valence-electron chi connectivity index (χ3n) is 4.18. The summed E-state index contributed by atoms with van der Waals surface area (Å²) in [7, 11) is 1.80. The smallest absolute Gasteiger partial charge is 0.230 e. The van der Waals surface area contributed by atoms with Crippen molar-refractivity contribution >= 4 is 5.91 Å². The quantitative estimate of drug-likeness (QED) is 0.853. The Morgan fingerprint density at radius 3 is 3.00 bits per heavy atom. The molecule has 3 heterocycles. The van der Waals surface area contributed by atoms with Crippen molar-refractivity contribution in [2.24, 2.45) is 0 Å². The van der Waals surface area contributed by atoms with Gasteiger partial charge in [-0.2, -0.15) is 4.98 Å². The molecule has 2 aromatic rings. The first kappa shape index (κ1) is 11.7. The third kappa shape index (κ3) is 1.83. The molecule has 1 amide bonds. The van der Waals surface area contributed by atoms with Crippen molar-refractivity contribution in [2.45, 2.75) is 30.6 Å². The minimum absolute atomic E-state index is 0.0609. The van der Waals surface area contributed by atoms with Crippen LogP contribution in [0, 0.1) is 0 Å². The number of hydrogen-bond acceptors (Lipinski definition) is 5. The van der Waals surface area contributed by atoms with Gasteiger partial charge in [0.05, 0.1) is 6.26 Å². The van der Waals surface area contributed by atoms with E-state index in [0.717, 1.165) is 12.2 Å². The van der Waals surface area contributed by atoms with Crippen LogP contribution in [0.1, 0.15) is 48.1 Å². The molecule has 0 bridgehead atoms. The minimum Gasteiger partial charge on any atom is -0.469 e. The molecule has 20 heavy (non-hydrogen) atoms. The molecule has 4 rings (SSSR count). The predicted octanol–water partition coefficient (Wildman–Crippen LogP) is 1.88. The molecule has 1 aliphatic carbocycles. The highest BCUT2D eigenvalue weighted by atomic mass is 16.5. The third-order valence-corrected chi connectivity index (χ3v) is 4.18.